The zero-order chi connectivity index (χ0) is 27.5. The van der Waals surface area contributed by atoms with E-state index in [9.17, 15) is 19.2 Å². The lowest BCUT2D eigenvalue weighted by molar-refractivity contribution is -0.141. The number of aliphatic carboxylic acids is 1. The van der Waals surface area contributed by atoms with E-state index >= 15 is 0 Å². The maximum Gasteiger partial charge on any atom is 0.325 e. The van der Waals surface area contributed by atoms with Gasteiger partial charge in [0.2, 0.25) is 17.7 Å². The number of fused-ring (bicyclic) bond motifs is 1. The molecule has 204 valence electrons. The summed E-state index contributed by atoms with van der Waals surface area (Å²) >= 11 is 0. The van der Waals surface area contributed by atoms with Gasteiger partial charge in [-0.05, 0) is 63.1 Å². The van der Waals surface area contributed by atoms with Crippen LogP contribution in [0.25, 0.3) is 10.9 Å². The molecule has 4 unspecified atom stereocenters. The molecular weight excluding hydrogens is 476 g/mol. The monoisotopic (exact) mass is 516 g/mol. The molecule has 37 heavy (non-hydrogen) atoms. The first-order valence-corrected chi connectivity index (χ1v) is 12.7. The zero-order valence-corrected chi connectivity index (χ0v) is 21.8. The molecule has 9 N–H and O–H groups in total. The van der Waals surface area contributed by atoms with Gasteiger partial charge in [-0.2, -0.15) is 0 Å². The Morgan fingerprint density at radius 1 is 0.946 bits per heavy atom. The number of carboxylic acids is 1. The Bertz CT molecular complexity index is 1070. The van der Waals surface area contributed by atoms with Gasteiger partial charge in [-0.3, -0.25) is 19.2 Å². The minimum atomic E-state index is -1.19. The van der Waals surface area contributed by atoms with Crippen molar-refractivity contribution in [3.8, 4) is 0 Å². The number of aromatic nitrogens is 1. The van der Waals surface area contributed by atoms with Crippen molar-refractivity contribution in [2.75, 3.05) is 6.54 Å². The van der Waals surface area contributed by atoms with Crippen molar-refractivity contribution in [2.24, 2.45) is 17.4 Å². The number of aromatic amines is 1. The quantitative estimate of drug-likeness (QED) is 0.170. The first-order valence-electron chi connectivity index (χ1n) is 12.7. The molecule has 0 fully saturated rings. The van der Waals surface area contributed by atoms with E-state index in [0.717, 1.165) is 16.5 Å². The second kappa shape index (κ2) is 14.3. The van der Waals surface area contributed by atoms with Crippen LogP contribution < -0.4 is 27.4 Å². The van der Waals surface area contributed by atoms with E-state index in [2.05, 4.69) is 20.9 Å². The third kappa shape index (κ3) is 9.18. The highest BCUT2D eigenvalue weighted by Crippen LogP contribution is 2.19. The summed E-state index contributed by atoms with van der Waals surface area (Å²) in [6.07, 6.45) is 3.92. The molecule has 0 bridgehead atoms. The number of benzene rings is 1. The fourth-order valence-electron chi connectivity index (χ4n) is 4.02. The van der Waals surface area contributed by atoms with Crippen molar-refractivity contribution in [3.63, 3.8) is 0 Å². The molecule has 0 saturated heterocycles. The van der Waals surface area contributed by atoms with Crippen molar-refractivity contribution < 1.29 is 24.3 Å². The Balaban J connectivity index is 2.10. The Morgan fingerprint density at radius 3 is 2.24 bits per heavy atom. The zero-order valence-electron chi connectivity index (χ0n) is 21.8. The largest absolute Gasteiger partial charge is 0.480 e. The van der Waals surface area contributed by atoms with Crippen LogP contribution in [0.4, 0.5) is 0 Å². The van der Waals surface area contributed by atoms with E-state index in [1.54, 1.807) is 0 Å². The lowest BCUT2D eigenvalue weighted by Crippen LogP contribution is -2.57. The van der Waals surface area contributed by atoms with E-state index in [-0.39, 0.29) is 18.8 Å². The first kappa shape index (κ1) is 29.8. The number of unbranched alkanes of at least 4 members (excludes halogenated alkanes) is 1. The molecule has 4 atom stereocenters. The number of hydrogen-bond acceptors (Lipinski definition) is 6. The van der Waals surface area contributed by atoms with Gasteiger partial charge in [0.25, 0.3) is 0 Å². The van der Waals surface area contributed by atoms with Crippen LogP contribution in [0.2, 0.25) is 0 Å². The van der Waals surface area contributed by atoms with Crippen molar-refractivity contribution in [3.05, 3.63) is 36.0 Å². The van der Waals surface area contributed by atoms with E-state index in [1.807, 2.05) is 44.3 Å². The first-order chi connectivity index (χ1) is 17.5. The number of carboxylic acid groups (broad SMARTS) is 1. The highest BCUT2D eigenvalue weighted by atomic mass is 16.4. The Hall–Kier alpha value is -3.44. The van der Waals surface area contributed by atoms with Crippen LogP contribution in [-0.2, 0) is 25.6 Å². The molecular formula is C26H40N6O5. The molecule has 0 aliphatic rings. The van der Waals surface area contributed by atoms with Crippen molar-refractivity contribution in [1.29, 1.82) is 0 Å². The number of H-pyrrole nitrogens is 1. The van der Waals surface area contributed by atoms with Gasteiger partial charge in [0.1, 0.15) is 18.1 Å². The molecule has 0 saturated carbocycles. The van der Waals surface area contributed by atoms with Gasteiger partial charge in [-0.1, -0.05) is 32.0 Å². The summed E-state index contributed by atoms with van der Waals surface area (Å²) in [5.74, 6) is -2.73. The molecule has 0 aliphatic carbocycles. The van der Waals surface area contributed by atoms with Crippen LogP contribution in [0.15, 0.2) is 30.5 Å². The number of amides is 3. The summed E-state index contributed by atoms with van der Waals surface area (Å²) in [7, 11) is 0. The number of nitrogens with one attached hydrogen (secondary N) is 4. The maximum atomic E-state index is 13.2. The van der Waals surface area contributed by atoms with Gasteiger partial charge in [0.15, 0.2) is 0 Å². The highest BCUT2D eigenvalue weighted by Gasteiger charge is 2.29. The standard InChI is InChI=1S/C26H40N6O5/c1-15(2)12-22(25(35)31-21(10-6-7-11-27)24(34)30-16(3)26(36)37)32-23(33)19(28)13-17-14-29-20-9-5-4-8-18(17)20/h4-5,8-9,14-16,19,21-22,29H,6-7,10-13,27-28H2,1-3H3,(H,30,34)(H,31,35)(H,32,33)(H,36,37). The van der Waals surface area contributed by atoms with E-state index < -0.39 is 47.9 Å². The minimum absolute atomic E-state index is 0.0671. The third-order valence-electron chi connectivity index (χ3n) is 6.10. The second-order valence-corrected chi connectivity index (χ2v) is 9.77. The van der Waals surface area contributed by atoms with Crippen LogP contribution in [0.1, 0.15) is 52.0 Å². The Labute approximate surface area is 217 Å². The van der Waals surface area contributed by atoms with Crippen LogP contribution in [0, 0.1) is 5.92 Å². The molecule has 11 nitrogen and oxygen atoms in total. The van der Waals surface area contributed by atoms with Crippen molar-refractivity contribution in [1.82, 2.24) is 20.9 Å². The van der Waals surface area contributed by atoms with Gasteiger partial charge in [-0.25, -0.2) is 0 Å². The normalized spacial score (nSPS) is 14.5. The summed E-state index contributed by atoms with van der Waals surface area (Å²) in [6, 6.07) is 3.82. The summed E-state index contributed by atoms with van der Waals surface area (Å²) in [6.45, 7) is 5.60. The maximum absolute atomic E-state index is 13.2. The minimum Gasteiger partial charge on any atom is -0.480 e. The number of para-hydroxylation sites is 1. The van der Waals surface area contributed by atoms with Crippen molar-refractivity contribution in [2.45, 2.75) is 77.0 Å². The Morgan fingerprint density at radius 2 is 1.59 bits per heavy atom. The number of nitrogens with two attached hydrogens (primary N) is 2. The highest BCUT2D eigenvalue weighted by molar-refractivity contribution is 5.94. The molecule has 0 spiro atoms. The molecule has 1 heterocycles. The number of carbonyl (C=O) groups excluding carboxylic acids is 3. The van der Waals surface area contributed by atoms with E-state index in [1.165, 1.54) is 6.92 Å². The van der Waals surface area contributed by atoms with Crippen LogP contribution in [-0.4, -0.2) is 64.5 Å². The fourth-order valence-corrected chi connectivity index (χ4v) is 4.02. The molecule has 0 radical (unpaired) electrons. The number of rotatable bonds is 15. The fraction of sp³-hybridized carbons (Fsp3) is 0.538. The predicted molar refractivity (Wildman–Crippen MR) is 141 cm³/mol. The van der Waals surface area contributed by atoms with Crippen LogP contribution in [0.5, 0.6) is 0 Å². The summed E-state index contributed by atoms with van der Waals surface area (Å²) in [4.78, 5) is 53.2. The molecule has 1 aromatic carbocycles. The molecule has 3 amide bonds. The van der Waals surface area contributed by atoms with Gasteiger partial charge < -0.3 is 37.5 Å². The van der Waals surface area contributed by atoms with Crippen LogP contribution in [0.3, 0.4) is 0 Å². The molecule has 1 aromatic heterocycles. The number of carbonyl (C=O) groups is 4. The van der Waals surface area contributed by atoms with Crippen LogP contribution >= 0.6 is 0 Å². The van der Waals surface area contributed by atoms with Gasteiger partial charge in [0.05, 0.1) is 6.04 Å². The number of hydrogen-bond donors (Lipinski definition) is 7. The lowest BCUT2D eigenvalue weighted by Gasteiger charge is -2.25. The van der Waals surface area contributed by atoms with Gasteiger partial charge >= 0.3 is 5.97 Å². The SMILES string of the molecule is CC(C)CC(NC(=O)C(N)Cc1c[nH]c2ccccc12)C(=O)NC(CCCCN)C(=O)NC(C)C(=O)O. The Kier molecular flexibility index (Phi) is 11.5. The van der Waals surface area contributed by atoms with E-state index in [0.29, 0.717) is 25.8 Å². The van der Waals surface area contributed by atoms with Gasteiger partial charge in [0, 0.05) is 17.1 Å². The average Bonchev–Trinajstić information content (AvgIpc) is 3.25. The predicted octanol–water partition coefficient (Wildman–Crippen LogP) is 0.772. The summed E-state index contributed by atoms with van der Waals surface area (Å²) in [5, 5.41) is 17.9. The lowest BCUT2D eigenvalue weighted by atomic mass is 10.00. The summed E-state index contributed by atoms with van der Waals surface area (Å²) in [5.41, 5.74) is 13.6. The van der Waals surface area contributed by atoms with Crippen molar-refractivity contribution >= 4 is 34.6 Å². The average molecular weight is 517 g/mol. The van der Waals surface area contributed by atoms with Gasteiger partial charge in [-0.15, -0.1) is 0 Å². The molecule has 0 aliphatic heterocycles. The molecule has 2 rings (SSSR count). The summed E-state index contributed by atoms with van der Waals surface area (Å²) < 4.78 is 0. The smallest absolute Gasteiger partial charge is 0.325 e. The van der Waals surface area contributed by atoms with E-state index in [4.69, 9.17) is 16.6 Å². The third-order valence-corrected chi connectivity index (χ3v) is 6.10. The molecule has 2 aromatic rings. The molecule has 11 heteroatoms. The topological polar surface area (TPSA) is 192 Å². The second-order valence-electron chi connectivity index (χ2n) is 9.77.